The van der Waals surface area contributed by atoms with Crippen LogP contribution in [0, 0.1) is 6.92 Å². The van der Waals surface area contributed by atoms with Gasteiger partial charge in [-0.2, -0.15) is 5.10 Å². The van der Waals surface area contributed by atoms with Crippen molar-refractivity contribution in [1.29, 1.82) is 0 Å². The minimum Gasteiger partial charge on any atom is -0.357 e. The number of aryl methyl sites for hydroxylation is 2. The molecule has 0 radical (unpaired) electrons. The maximum Gasteiger partial charge on any atom is 0.251 e. The van der Waals surface area contributed by atoms with Crippen molar-refractivity contribution in [3.63, 3.8) is 0 Å². The molecule has 9 heteroatoms. The summed E-state index contributed by atoms with van der Waals surface area (Å²) in [4.78, 5) is 20.9. The number of hydrogen-bond donors (Lipinski definition) is 3. The van der Waals surface area contributed by atoms with Crippen molar-refractivity contribution >= 4 is 35.8 Å². The van der Waals surface area contributed by atoms with Gasteiger partial charge in [0, 0.05) is 38.2 Å². The van der Waals surface area contributed by atoms with Gasteiger partial charge in [0.05, 0.1) is 6.54 Å². The lowest BCUT2D eigenvalue weighted by atomic mass is 10.1. The van der Waals surface area contributed by atoms with Gasteiger partial charge < -0.3 is 16.0 Å². The van der Waals surface area contributed by atoms with Gasteiger partial charge in [-0.25, -0.2) is 9.67 Å². The maximum absolute atomic E-state index is 11.8. The van der Waals surface area contributed by atoms with E-state index in [9.17, 15) is 4.79 Å². The van der Waals surface area contributed by atoms with Crippen molar-refractivity contribution in [2.45, 2.75) is 45.7 Å². The van der Waals surface area contributed by atoms with Gasteiger partial charge in [0.1, 0.15) is 11.6 Å². The molecule has 0 fully saturated rings. The molecule has 29 heavy (non-hydrogen) atoms. The van der Waals surface area contributed by atoms with Crippen molar-refractivity contribution in [3.8, 4) is 0 Å². The number of aliphatic imine (C=N–C) groups is 1. The second kappa shape index (κ2) is 11.1. The number of halogens is 1. The lowest BCUT2D eigenvalue weighted by Gasteiger charge is -2.25. The summed E-state index contributed by atoms with van der Waals surface area (Å²) in [7, 11) is 1.64. The third kappa shape index (κ3) is 6.41. The van der Waals surface area contributed by atoms with Crippen LogP contribution in [0.2, 0.25) is 0 Å². The average molecular weight is 511 g/mol. The Kier molecular flexibility index (Phi) is 8.87. The molecule has 0 spiro atoms. The number of amides is 1. The number of nitrogens with one attached hydrogen (secondary N) is 3. The van der Waals surface area contributed by atoms with Gasteiger partial charge in [-0.3, -0.25) is 9.79 Å². The summed E-state index contributed by atoms with van der Waals surface area (Å²) in [5.74, 6) is 2.64. The Balaban J connectivity index is 0.00000300. The van der Waals surface area contributed by atoms with Gasteiger partial charge in [0.2, 0.25) is 0 Å². The lowest BCUT2D eigenvalue weighted by molar-refractivity contribution is 0.0963. The number of hydrogen-bond acceptors (Lipinski definition) is 4. The summed E-state index contributed by atoms with van der Waals surface area (Å²) < 4.78 is 1.99. The fourth-order valence-corrected chi connectivity index (χ4v) is 3.37. The van der Waals surface area contributed by atoms with Crippen molar-refractivity contribution in [2.75, 3.05) is 20.1 Å². The van der Waals surface area contributed by atoms with Crippen molar-refractivity contribution in [2.24, 2.45) is 4.99 Å². The average Bonchev–Trinajstić information content (AvgIpc) is 3.07. The first-order chi connectivity index (χ1) is 13.6. The predicted molar refractivity (Wildman–Crippen MR) is 125 cm³/mol. The van der Waals surface area contributed by atoms with E-state index in [1.165, 1.54) is 0 Å². The molecule has 0 aliphatic carbocycles. The van der Waals surface area contributed by atoms with Crippen molar-refractivity contribution in [3.05, 3.63) is 47.0 Å². The Labute approximate surface area is 189 Å². The molecular formula is C20H30IN7O. The number of carbonyl (C=O) groups is 1. The Hall–Kier alpha value is -2.17. The highest BCUT2D eigenvalue weighted by Crippen LogP contribution is 2.13. The first kappa shape index (κ1) is 23.1. The van der Waals surface area contributed by atoms with Gasteiger partial charge in [-0.15, -0.1) is 24.0 Å². The number of guanidine groups is 1. The van der Waals surface area contributed by atoms with E-state index in [0.717, 1.165) is 55.5 Å². The van der Waals surface area contributed by atoms with Crippen molar-refractivity contribution < 1.29 is 4.79 Å². The van der Waals surface area contributed by atoms with Gasteiger partial charge in [0.15, 0.2) is 5.96 Å². The first-order valence-electron chi connectivity index (χ1n) is 9.85. The molecule has 2 heterocycles. The Morgan fingerprint density at radius 2 is 2.21 bits per heavy atom. The third-order valence-electron chi connectivity index (χ3n) is 4.74. The van der Waals surface area contributed by atoms with Gasteiger partial charge in [0.25, 0.3) is 5.91 Å². The molecule has 1 aromatic heterocycles. The van der Waals surface area contributed by atoms with Crippen LogP contribution in [0.3, 0.4) is 0 Å². The minimum absolute atomic E-state index is 0. The second-order valence-electron chi connectivity index (χ2n) is 6.93. The fourth-order valence-electron chi connectivity index (χ4n) is 3.37. The van der Waals surface area contributed by atoms with E-state index in [-0.39, 0.29) is 35.9 Å². The standard InChI is InChI=1S/C20H29N7O.HI/c1-4-22-20(25-17-8-9-18-24-14(2)26-27(18)13-17)23-11-10-15-6-5-7-16(12-15)19(28)21-3;/h5-7,12,17H,4,8-11,13H2,1-3H3,(H,21,28)(H2,22,23,25);1H. The molecule has 1 atom stereocenters. The minimum atomic E-state index is -0.0691. The smallest absolute Gasteiger partial charge is 0.251 e. The molecule has 3 N–H and O–H groups in total. The molecule has 8 nitrogen and oxygen atoms in total. The summed E-state index contributed by atoms with van der Waals surface area (Å²) in [5.41, 5.74) is 1.77. The molecule has 0 saturated carbocycles. The number of fused-ring (bicyclic) bond motifs is 1. The van der Waals surface area contributed by atoms with Crippen LogP contribution in [-0.2, 0) is 19.4 Å². The summed E-state index contributed by atoms with van der Waals surface area (Å²) in [6.07, 6.45) is 2.71. The van der Waals surface area contributed by atoms with E-state index in [1.54, 1.807) is 7.05 Å². The van der Waals surface area contributed by atoms with Crippen LogP contribution < -0.4 is 16.0 Å². The number of carbonyl (C=O) groups excluding carboxylic acids is 1. The maximum atomic E-state index is 11.8. The van der Waals surface area contributed by atoms with E-state index >= 15 is 0 Å². The van der Waals surface area contributed by atoms with E-state index in [1.807, 2.05) is 35.9 Å². The van der Waals surface area contributed by atoms with Gasteiger partial charge in [-0.1, -0.05) is 12.1 Å². The topological polar surface area (TPSA) is 96.2 Å². The number of rotatable bonds is 6. The monoisotopic (exact) mass is 511 g/mol. The Morgan fingerprint density at radius 1 is 1.38 bits per heavy atom. The normalized spacial score (nSPS) is 15.8. The zero-order valence-corrected chi connectivity index (χ0v) is 19.6. The van der Waals surface area contributed by atoms with E-state index in [2.05, 4.69) is 33.0 Å². The molecule has 1 aliphatic rings. The zero-order valence-electron chi connectivity index (χ0n) is 17.2. The second-order valence-corrected chi connectivity index (χ2v) is 6.93. The van der Waals surface area contributed by atoms with Crippen LogP contribution in [0.4, 0.5) is 0 Å². The Morgan fingerprint density at radius 3 is 2.97 bits per heavy atom. The summed E-state index contributed by atoms with van der Waals surface area (Å²) in [5, 5.41) is 13.9. The van der Waals surface area contributed by atoms with Crippen LogP contribution in [0.5, 0.6) is 0 Å². The van der Waals surface area contributed by atoms with Gasteiger partial charge >= 0.3 is 0 Å². The lowest BCUT2D eigenvalue weighted by Crippen LogP contribution is -2.47. The highest BCUT2D eigenvalue weighted by molar-refractivity contribution is 14.0. The highest BCUT2D eigenvalue weighted by atomic mass is 127. The number of nitrogens with zero attached hydrogens (tertiary/aromatic N) is 4. The molecular weight excluding hydrogens is 481 g/mol. The van der Waals surface area contributed by atoms with Crippen LogP contribution in [0.1, 0.15) is 40.9 Å². The van der Waals surface area contributed by atoms with Crippen LogP contribution in [0.25, 0.3) is 0 Å². The number of aromatic nitrogens is 3. The fraction of sp³-hybridized carbons (Fsp3) is 0.500. The molecule has 1 aliphatic heterocycles. The van der Waals surface area contributed by atoms with E-state index in [0.29, 0.717) is 12.1 Å². The quantitative estimate of drug-likeness (QED) is 0.312. The summed E-state index contributed by atoms with van der Waals surface area (Å²) in [6, 6.07) is 7.96. The number of benzene rings is 1. The summed E-state index contributed by atoms with van der Waals surface area (Å²) >= 11 is 0. The molecule has 158 valence electrons. The van der Waals surface area contributed by atoms with E-state index in [4.69, 9.17) is 4.99 Å². The Bertz CT molecular complexity index is 849. The molecule has 1 aromatic carbocycles. The molecule has 1 unspecified atom stereocenters. The molecule has 3 rings (SSSR count). The molecule has 0 bridgehead atoms. The third-order valence-corrected chi connectivity index (χ3v) is 4.74. The molecule has 1 amide bonds. The first-order valence-corrected chi connectivity index (χ1v) is 9.85. The van der Waals surface area contributed by atoms with E-state index < -0.39 is 0 Å². The summed E-state index contributed by atoms with van der Waals surface area (Å²) in [6.45, 7) is 6.24. The van der Waals surface area contributed by atoms with Crippen LogP contribution >= 0.6 is 24.0 Å². The highest BCUT2D eigenvalue weighted by Gasteiger charge is 2.21. The van der Waals surface area contributed by atoms with Crippen LogP contribution in [-0.4, -0.2) is 52.8 Å². The largest absolute Gasteiger partial charge is 0.357 e. The predicted octanol–water partition coefficient (Wildman–Crippen LogP) is 1.68. The molecule has 0 saturated heterocycles. The zero-order chi connectivity index (χ0) is 19.9. The molecule has 2 aromatic rings. The SMILES string of the molecule is CCNC(=NCCc1cccc(C(=O)NC)c1)NC1CCc2nc(C)nn2C1.I. The van der Waals surface area contributed by atoms with Gasteiger partial charge in [-0.05, 0) is 44.4 Å². The van der Waals surface area contributed by atoms with Crippen molar-refractivity contribution in [1.82, 2.24) is 30.7 Å². The van der Waals surface area contributed by atoms with Crippen LogP contribution in [0.15, 0.2) is 29.3 Å².